The number of aryl methyl sites for hydroxylation is 1. The molecule has 4 rings (SSSR count). The van der Waals surface area contributed by atoms with Crippen LogP contribution in [-0.2, 0) is 6.42 Å². The van der Waals surface area contributed by atoms with Crippen molar-refractivity contribution in [2.45, 2.75) is 77.0 Å². The molecule has 3 aromatic rings. The summed E-state index contributed by atoms with van der Waals surface area (Å²) >= 11 is 10.0. The average molecular weight is 685 g/mol. The Kier molecular flexibility index (Phi) is 14.6. The average Bonchev–Trinajstić information content (AvgIpc) is 2.88. The van der Waals surface area contributed by atoms with E-state index in [1.165, 1.54) is 51.4 Å². The highest BCUT2D eigenvalue weighted by Gasteiger charge is 2.18. The lowest BCUT2D eigenvalue weighted by Gasteiger charge is -2.22. The highest BCUT2D eigenvalue weighted by molar-refractivity contribution is 9.11. The van der Waals surface area contributed by atoms with Crippen LogP contribution in [0.15, 0.2) is 74.1 Å². The maximum Gasteiger partial charge on any atom is 0.129 e. The van der Waals surface area contributed by atoms with Crippen molar-refractivity contribution < 1.29 is 15.3 Å². The van der Waals surface area contributed by atoms with Gasteiger partial charge in [0.05, 0.1) is 4.47 Å². The van der Waals surface area contributed by atoms with Crippen LogP contribution in [-0.4, -0.2) is 15.3 Å². The van der Waals surface area contributed by atoms with Gasteiger partial charge in [-0.2, -0.15) is 0 Å². The van der Waals surface area contributed by atoms with Crippen LogP contribution < -0.4 is 0 Å². The molecule has 0 atom stereocenters. The fourth-order valence-electron chi connectivity index (χ4n) is 4.21. The zero-order chi connectivity index (χ0) is 26.3. The zero-order valence-electron chi connectivity index (χ0n) is 20.9. The highest BCUT2D eigenvalue weighted by Crippen LogP contribution is 2.38. The number of phenols is 3. The first-order valence-corrected chi connectivity index (χ1v) is 15.1. The van der Waals surface area contributed by atoms with Gasteiger partial charge in [0, 0.05) is 8.95 Å². The molecule has 3 aromatic carbocycles. The van der Waals surface area contributed by atoms with Crippen molar-refractivity contribution >= 4 is 47.8 Å². The minimum atomic E-state index is 0.285. The molecule has 0 aromatic heterocycles. The summed E-state index contributed by atoms with van der Waals surface area (Å²) in [4.78, 5) is 0. The van der Waals surface area contributed by atoms with Crippen LogP contribution in [0.25, 0.3) is 0 Å². The fraction of sp³-hybridized carbons (Fsp3) is 0.400. The number of unbranched alkanes of at least 4 members (excludes halogenated alkanes) is 3. The summed E-state index contributed by atoms with van der Waals surface area (Å²) in [6.07, 6.45) is 12.3. The molecule has 0 bridgehead atoms. The van der Waals surface area contributed by atoms with E-state index in [4.69, 9.17) is 5.11 Å². The van der Waals surface area contributed by atoms with E-state index in [0.717, 1.165) is 37.4 Å². The van der Waals surface area contributed by atoms with E-state index < -0.39 is 0 Å². The third-order valence-corrected chi connectivity index (χ3v) is 7.89. The molecular formula is C30H37Br3O3. The third-order valence-electron chi connectivity index (χ3n) is 6.23. The lowest BCUT2D eigenvalue weighted by molar-refractivity contribution is 0.414. The topological polar surface area (TPSA) is 60.7 Å². The molecule has 0 radical (unpaired) electrons. The van der Waals surface area contributed by atoms with Gasteiger partial charge < -0.3 is 15.3 Å². The van der Waals surface area contributed by atoms with Crippen molar-refractivity contribution in [2.24, 2.45) is 0 Å². The minimum Gasteiger partial charge on any atom is -0.508 e. The van der Waals surface area contributed by atoms with Crippen molar-refractivity contribution in [3.63, 3.8) is 0 Å². The molecule has 0 saturated heterocycles. The largest absolute Gasteiger partial charge is 0.508 e. The number of para-hydroxylation sites is 1. The summed E-state index contributed by atoms with van der Waals surface area (Å²) in [7, 11) is 0. The number of halogens is 3. The zero-order valence-corrected chi connectivity index (χ0v) is 25.7. The van der Waals surface area contributed by atoms with E-state index >= 15 is 0 Å². The summed E-state index contributed by atoms with van der Waals surface area (Å²) in [5.41, 5.74) is 2.18. The normalized spacial score (nSPS) is 13.2. The summed E-state index contributed by atoms with van der Waals surface area (Å²) < 4.78 is 2.84. The van der Waals surface area contributed by atoms with Crippen LogP contribution >= 0.6 is 47.8 Å². The molecule has 0 heterocycles. The maximum atomic E-state index is 9.77. The van der Waals surface area contributed by atoms with E-state index in [2.05, 4.69) is 60.8 Å². The van der Waals surface area contributed by atoms with Crippen LogP contribution in [0.3, 0.4) is 0 Å². The van der Waals surface area contributed by atoms with Gasteiger partial charge in [0.1, 0.15) is 17.2 Å². The van der Waals surface area contributed by atoms with Gasteiger partial charge in [0.2, 0.25) is 0 Å². The van der Waals surface area contributed by atoms with Gasteiger partial charge in [-0.05, 0) is 107 Å². The summed E-state index contributed by atoms with van der Waals surface area (Å²) in [5.74, 6) is 1.73. The lowest BCUT2D eigenvalue weighted by atomic mass is 9.84. The second-order valence-electron chi connectivity index (χ2n) is 9.07. The van der Waals surface area contributed by atoms with Gasteiger partial charge in [-0.1, -0.05) is 89.4 Å². The number of rotatable bonds is 6. The Morgan fingerprint density at radius 1 is 0.694 bits per heavy atom. The van der Waals surface area contributed by atoms with Crippen LogP contribution in [0.4, 0.5) is 0 Å². The Morgan fingerprint density at radius 2 is 1.33 bits per heavy atom. The van der Waals surface area contributed by atoms with Crippen molar-refractivity contribution in [3.05, 3.63) is 85.2 Å². The molecule has 6 heteroatoms. The number of phenolic OH excluding ortho intramolecular Hbond substituents is 3. The second kappa shape index (κ2) is 17.1. The van der Waals surface area contributed by atoms with Crippen molar-refractivity contribution in [2.75, 3.05) is 0 Å². The number of hydrogen-bond donors (Lipinski definition) is 3. The molecule has 0 aliphatic heterocycles. The monoisotopic (exact) mass is 682 g/mol. The Hall–Kier alpha value is -1.50. The predicted molar refractivity (Wildman–Crippen MR) is 161 cm³/mol. The Bertz CT molecular complexity index is 1030. The molecule has 1 aliphatic rings. The van der Waals surface area contributed by atoms with Crippen LogP contribution in [0.2, 0.25) is 0 Å². The van der Waals surface area contributed by atoms with Crippen LogP contribution in [0.1, 0.15) is 81.8 Å². The van der Waals surface area contributed by atoms with Crippen molar-refractivity contribution in [1.82, 2.24) is 0 Å². The standard InChI is InChI=1S/C12H15BrO.C12H17BrO.C6H5BrO/c13-10-6-7-12(14)11(8-10)9-4-2-1-3-5-9;1-2-3-4-5-6-10-9-11(13)7-8-12(10)14;7-5-3-1-2-4-6(5)8/h6-9,14H,1-5H2;7-9,14H,2-6H2,1H3;1-4,8H. The lowest BCUT2D eigenvalue weighted by Crippen LogP contribution is -2.04. The molecule has 196 valence electrons. The van der Waals surface area contributed by atoms with Gasteiger partial charge >= 0.3 is 0 Å². The Balaban J connectivity index is 0.000000198. The Labute approximate surface area is 241 Å². The molecule has 3 nitrogen and oxygen atoms in total. The molecule has 1 saturated carbocycles. The van der Waals surface area contributed by atoms with Crippen molar-refractivity contribution in [3.8, 4) is 17.2 Å². The summed E-state index contributed by atoms with van der Waals surface area (Å²) in [5, 5.41) is 28.2. The van der Waals surface area contributed by atoms with Gasteiger partial charge in [0.25, 0.3) is 0 Å². The van der Waals surface area contributed by atoms with E-state index in [9.17, 15) is 10.2 Å². The molecule has 1 fully saturated rings. The minimum absolute atomic E-state index is 0.285. The molecule has 0 unspecified atom stereocenters. The van der Waals surface area contributed by atoms with Crippen molar-refractivity contribution in [1.29, 1.82) is 0 Å². The van der Waals surface area contributed by atoms with Gasteiger partial charge in [-0.25, -0.2) is 0 Å². The van der Waals surface area contributed by atoms with Gasteiger partial charge in [-0.15, -0.1) is 0 Å². The first kappa shape index (κ1) is 30.7. The first-order valence-electron chi connectivity index (χ1n) is 12.7. The van der Waals surface area contributed by atoms with Gasteiger partial charge in [0.15, 0.2) is 0 Å². The molecule has 3 N–H and O–H groups in total. The van der Waals surface area contributed by atoms with Crippen LogP contribution in [0.5, 0.6) is 17.2 Å². The molecule has 1 aliphatic carbocycles. The fourth-order valence-corrected chi connectivity index (χ4v) is 5.29. The summed E-state index contributed by atoms with van der Waals surface area (Å²) in [6.45, 7) is 2.20. The maximum absolute atomic E-state index is 9.77. The predicted octanol–water partition coefficient (Wildman–Crippen LogP) is 10.6. The SMILES string of the molecule is CCCCCCc1cc(Br)ccc1O.Oc1ccc(Br)cc1C1CCCCC1.Oc1ccccc1Br. The molecular weight excluding hydrogens is 648 g/mol. The van der Waals surface area contributed by atoms with E-state index in [0.29, 0.717) is 17.4 Å². The smallest absolute Gasteiger partial charge is 0.129 e. The number of hydrogen-bond acceptors (Lipinski definition) is 3. The third kappa shape index (κ3) is 11.3. The number of benzene rings is 3. The van der Waals surface area contributed by atoms with Crippen LogP contribution in [0, 0.1) is 0 Å². The van der Waals surface area contributed by atoms with E-state index in [1.54, 1.807) is 30.3 Å². The Morgan fingerprint density at radius 3 is 1.94 bits per heavy atom. The van der Waals surface area contributed by atoms with Gasteiger partial charge in [-0.3, -0.25) is 0 Å². The van der Waals surface area contributed by atoms with E-state index in [-0.39, 0.29) is 5.75 Å². The molecule has 0 spiro atoms. The molecule has 36 heavy (non-hydrogen) atoms. The second-order valence-corrected chi connectivity index (χ2v) is 11.8. The first-order chi connectivity index (χ1) is 17.3. The van der Waals surface area contributed by atoms with E-state index in [1.807, 2.05) is 24.3 Å². The molecule has 0 amide bonds. The number of aromatic hydroxyl groups is 3. The quantitative estimate of drug-likeness (QED) is 0.227. The highest BCUT2D eigenvalue weighted by atomic mass is 79.9. The summed E-state index contributed by atoms with van der Waals surface area (Å²) in [6, 6.07) is 18.4.